The summed E-state index contributed by atoms with van der Waals surface area (Å²) in [4.78, 5) is 61.8. The lowest BCUT2D eigenvalue weighted by Crippen LogP contribution is -2.57. The molecule has 7 N–H and O–H groups in total. The molecule has 0 aliphatic carbocycles. The first-order valence-corrected chi connectivity index (χ1v) is 10.3. The maximum Gasteiger partial charge on any atom is 0.328 e. The molecule has 0 radical (unpaired) electrons. The highest BCUT2D eigenvalue weighted by atomic mass is 16.4. The van der Waals surface area contributed by atoms with Gasteiger partial charge in [0.15, 0.2) is 6.04 Å². The Morgan fingerprint density at radius 1 is 1.13 bits per heavy atom. The minimum atomic E-state index is -1.51. The van der Waals surface area contributed by atoms with E-state index in [4.69, 9.17) is 10.8 Å². The first kappa shape index (κ1) is 26.3. The van der Waals surface area contributed by atoms with Gasteiger partial charge >= 0.3 is 5.97 Å². The van der Waals surface area contributed by atoms with E-state index in [1.54, 1.807) is 6.92 Å². The van der Waals surface area contributed by atoms with E-state index in [-0.39, 0.29) is 18.4 Å². The predicted octanol–water partition coefficient (Wildman–Crippen LogP) is -2.47. The third-order valence-electron chi connectivity index (χ3n) is 5.33. The molecular formula is C19H33N5O7. The molecule has 0 spiro atoms. The van der Waals surface area contributed by atoms with Crippen LogP contribution in [0.5, 0.6) is 0 Å². The molecule has 5 atom stereocenters. The van der Waals surface area contributed by atoms with E-state index in [1.807, 2.05) is 6.92 Å². The number of hydrogen-bond acceptors (Lipinski definition) is 7. The van der Waals surface area contributed by atoms with Crippen LogP contribution in [0.1, 0.15) is 40.0 Å². The molecule has 0 bridgehead atoms. The van der Waals surface area contributed by atoms with Crippen LogP contribution in [0.3, 0.4) is 0 Å². The van der Waals surface area contributed by atoms with E-state index >= 15 is 0 Å². The number of carboxylic acid groups (broad SMARTS) is 1. The number of nitrogens with two attached hydrogens (primary N) is 1. The summed E-state index contributed by atoms with van der Waals surface area (Å²) in [6.07, 6.45) is 0.349. The number of carboxylic acids is 1. The fraction of sp³-hybridized carbons (Fsp3) is 0.737. The van der Waals surface area contributed by atoms with Gasteiger partial charge in [-0.15, -0.1) is 0 Å². The Balaban J connectivity index is 2.75. The standard InChI is InChI=1S/C19H33N5O7/c1-4-10(2)15(23-17(28)12-6-5-7-24(12)14(27)8-20)18(29)21-9-13(26)22-16(11(3)25)19(30)31/h10-12,15-16,25H,4-9,20H2,1-3H3,(H,21,29)(H,22,26)(H,23,28)(H,30,31). The van der Waals surface area contributed by atoms with E-state index in [0.29, 0.717) is 25.8 Å². The van der Waals surface area contributed by atoms with E-state index in [9.17, 15) is 29.1 Å². The molecule has 0 aromatic rings. The normalized spacial score (nSPS) is 19.6. The number of likely N-dealkylation sites (tertiary alicyclic amines) is 1. The van der Waals surface area contributed by atoms with Crippen LogP contribution < -0.4 is 21.7 Å². The van der Waals surface area contributed by atoms with Crippen molar-refractivity contribution in [2.24, 2.45) is 11.7 Å². The van der Waals surface area contributed by atoms with Gasteiger partial charge in [-0.25, -0.2) is 4.79 Å². The number of aliphatic hydroxyl groups is 1. The van der Waals surface area contributed by atoms with Crippen LogP contribution in [-0.4, -0.2) is 88.6 Å². The van der Waals surface area contributed by atoms with E-state index in [2.05, 4.69) is 16.0 Å². The van der Waals surface area contributed by atoms with Crippen molar-refractivity contribution in [3.63, 3.8) is 0 Å². The fourth-order valence-corrected chi connectivity index (χ4v) is 3.30. The summed E-state index contributed by atoms with van der Waals surface area (Å²) < 4.78 is 0. The monoisotopic (exact) mass is 443 g/mol. The zero-order valence-corrected chi connectivity index (χ0v) is 18.1. The zero-order chi connectivity index (χ0) is 23.7. The summed E-state index contributed by atoms with van der Waals surface area (Å²) in [5.41, 5.74) is 5.40. The van der Waals surface area contributed by atoms with Gasteiger partial charge in [0.1, 0.15) is 12.1 Å². The summed E-state index contributed by atoms with van der Waals surface area (Å²) in [6, 6.07) is -3.17. The second-order valence-corrected chi connectivity index (χ2v) is 7.66. The van der Waals surface area contributed by atoms with Gasteiger partial charge in [0.2, 0.25) is 23.6 Å². The second-order valence-electron chi connectivity index (χ2n) is 7.66. The molecule has 0 aromatic heterocycles. The van der Waals surface area contributed by atoms with Gasteiger partial charge in [0, 0.05) is 6.54 Å². The number of rotatable bonds is 11. The SMILES string of the molecule is CCC(C)C(NC(=O)C1CCCN1C(=O)CN)C(=O)NCC(=O)NC(C(=O)O)C(C)O. The van der Waals surface area contributed by atoms with Gasteiger partial charge in [-0.05, 0) is 25.7 Å². The molecule has 1 aliphatic rings. The molecule has 176 valence electrons. The average molecular weight is 444 g/mol. The van der Waals surface area contributed by atoms with Gasteiger partial charge in [-0.1, -0.05) is 20.3 Å². The van der Waals surface area contributed by atoms with Crippen molar-refractivity contribution in [1.29, 1.82) is 0 Å². The van der Waals surface area contributed by atoms with Crippen LogP contribution in [0.2, 0.25) is 0 Å². The number of hydrogen-bond donors (Lipinski definition) is 6. The van der Waals surface area contributed by atoms with Crippen molar-refractivity contribution < 1.29 is 34.2 Å². The third-order valence-corrected chi connectivity index (χ3v) is 5.33. The Morgan fingerprint density at radius 2 is 1.77 bits per heavy atom. The van der Waals surface area contributed by atoms with Crippen LogP contribution in [0, 0.1) is 5.92 Å². The van der Waals surface area contributed by atoms with Crippen molar-refractivity contribution >= 4 is 29.6 Å². The molecule has 31 heavy (non-hydrogen) atoms. The molecule has 1 heterocycles. The lowest BCUT2D eigenvalue weighted by molar-refractivity contribution is -0.144. The zero-order valence-electron chi connectivity index (χ0n) is 18.1. The first-order chi connectivity index (χ1) is 14.5. The molecule has 1 saturated heterocycles. The molecule has 12 nitrogen and oxygen atoms in total. The number of nitrogens with zero attached hydrogens (tertiary/aromatic N) is 1. The molecule has 0 saturated carbocycles. The van der Waals surface area contributed by atoms with Crippen LogP contribution in [0.25, 0.3) is 0 Å². The van der Waals surface area contributed by atoms with Crippen LogP contribution >= 0.6 is 0 Å². The van der Waals surface area contributed by atoms with Crippen molar-refractivity contribution in [2.75, 3.05) is 19.6 Å². The quantitative estimate of drug-likeness (QED) is 0.202. The second kappa shape index (κ2) is 12.2. The third kappa shape index (κ3) is 7.47. The largest absolute Gasteiger partial charge is 0.480 e. The van der Waals surface area contributed by atoms with Crippen molar-refractivity contribution in [1.82, 2.24) is 20.9 Å². The fourth-order valence-electron chi connectivity index (χ4n) is 3.30. The minimum absolute atomic E-state index is 0.210. The summed E-state index contributed by atoms with van der Waals surface area (Å²) in [5.74, 6) is -3.90. The molecule has 1 fully saturated rings. The Morgan fingerprint density at radius 3 is 2.29 bits per heavy atom. The first-order valence-electron chi connectivity index (χ1n) is 10.3. The summed E-state index contributed by atoms with van der Waals surface area (Å²) >= 11 is 0. The molecule has 1 aliphatic heterocycles. The molecule has 4 amide bonds. The molecule has 1 rings (SSSR count). The smallest absolute Gasteiger partial charge is 0.328 e. The minimum Gasteiger partial charge on any atom is -0.480 e. The van der Waals surface area contributed by atoms with E-state index in [0.717, 1.165) is 0 Å². The van der Waals surface area contributed by atoms with Gasteiger partial charge in [0.05, 0.1) is 19.2 Å². The maximum absolute atomic E-state index is 12.7. The van der Waals surface area contributed by atoms with Crippen molar-refractivity contribution in [2.45, 2.75) is 64.3 Å². The molecule has 12 heteroatoms. The number of aliphatic carboxylic acids is 1. The Bertz CT molecular complexity index is 685. The van der Waals surface area contributed by atoms with E-state index < -0.39 is 54.5 Å². The van der Waals surface area contributed by atoms with E-state index in [1.165, 1.54) is 11.8 Å². The highest BCUT2D eigenvalue weighted by Gasteiger charge is 2.36. The Kier molecular flexibility index (Phi) is 10.4. The van der Waals surface area contributed by atoms with Crippen LogP contribution in [-0.2, 0) is 24.0 Å². The number of carbonyl (C=O) groups is 5. The Hall–Kier alpha value is -2.73. The average Bonchev–Trinajstić information content (AvgIpc) is 3.22. The van der Waals surface area contributed by atoms with Crippen molar-refractivity contribution in [3.05, 3.63) is 0 Å². The topological polar surface area (TPSA) is 191 Å². The van der Waals surface area contributed by atoms with Crippen LogP contribution in [0.4, 0.5) is 0 Å². The number of nitrogens with one attached hydrogen (secondary N) is 3. The number of aliphatic hydroxyl groups excluding tert-OH is 1. The predicted molar refractivity (Wildman–Crippen MR) is 109 cm³/mol. The number of carbonyl (C=O) groups excluding carboxylic acids is 4. The molecule has 0 aromatic carbocycles. The lowest BCUT2D eigenvalue weighted by atomic mass is 9.97. The Labute approximate surface area is 180 Å². The maximum atomic E-state index is 12.7. The summed E-state index contributed by atoms with van der Waals surface area (Å²) in [6.45, 7) is 4.49. The number of amides is 4. The highest BCUT2D eigenvalue weighted by Crippen LogP contribution is 2.18. The highest BCUT2D eigenvalue weighted by molar-refractivity contribution is 5.94. The van der Waals surface area contributed by atoms with Gasteiger partial charge in [-0.2, -0.15) is 0 Å². The van der Waals surface area contributed by atoms with Gasteiger partial charge in [0.25, 0.3) is 0 Å². The lowest BCUT2D eigenvalue weighted by Gasteiger charge is -2.28. The molecule has 5 unspecified atom stereocenters. The van der Waals surface area contributed by atoms with Gasteiger partial charge in [-0.3, -0.25) is 19.2 Å². The van der Waals surface area contributed by atoms with Gasteiger partial charge < -0.3 is 36.8 Å². The summed E-state index contributed by atoms with van der Waals surface area (Å²) in [7, 11) is 0. The molecular weight excluding hydrogens is 410 g/mol. The van der Waals surface area contributed by atoms with Crippen LogP contribution in [0.15, 0.2) is 0 Å². The van der Waals surface area contributed by atoms with Crippen molar-refractivity contribution in [3.8, 4) is 0 Å². The summed E-state index contributed by atoms with van der Waals surface area (Å²) in [5, 5.41) is 25.6.